The molecular weight excluding hydrogens is 136 g/mol. The molecule has 0 amide bonds. The van der Waals surface area contributed by atoms with Gasteiger partial charge in [0.25, 0.3) is 0 Å². The Kier molecular flexibility index (Phi) is 4.88. The standard InChI is InChI=1S/C6H12O4/c1-5(2)10-4-9-3-6(7)8/h5H,3-4H2,1-2H3,(H,7,8). The molecule has 10 heavy (non-hydrogen) atoms. The summed E-state index contributed by atoms with van der Waals surface area (Å²) in [7, 11) is 0. The lowest BCUT2D eigenvalue weighted by Crippen LogP contribution is -2.12. The van der Waals surface area contributed by atoms with Crippen LogP contribution in [-0.2, 0) is 14.3 Å². The quantitative estimate of drug-likeness (QED) is 0.455. The number of hydrogen-bond donors (Lipinski definition) is 1. The van der Waals surface area contributed by atoms with Crippen molar-refractivity contribution in [3.8, 4) is 0 Å². The average molecular weight is 148 g/mol. The summed E-state index contributed by atoms with van der Waals surface area (Å²) in [5, 5.41) is 8.10. The fourth-order valence-corrected chi connectivity index (χ4v) is 0.313. The summed E-state index contributed by atoms with van der Waals surface area (Å²) in [6.45, 7) is 3.45. The van der Waals surface area contributed by atoms with Crippen LogP contribution in [0.3, 0.4) is 0 Å². The van der Waals surface area contributed by atoms with Crippen LogP contribution >= 0.6 is 0 Å². The minimum Gasteiger partial charge on any atom is -0.480 e. The number of ether oxygens (including phenoxy) is 2. The summed E-state index contributed by atoms with van der Waals surface area (Å²) in [5.41, 5.74) is 0. The van der Waals surface area contributed by atoms with Crippen LogP contribution in [0.15, 0.2) is 0 Å². The van der Waals surface area contributed by atoms with Crippen molar-refractivity contribution in [3.05, 3.63) is 0 Å². The first-order chi connectivity index (χ1) is 4.63. The minimum absolute atomic E-state index is 0.0456. The first-order valence-corrected chi connectivity index (χ1v) is 3.04. The van der Waals surface area contributed by atoms with Gasteiger partial charge >= 0.3 is 5.97 Å². The highest BCUT2D eigenvalue weighted by molar-refractivity contribution is 5.67. The van der Waals surface area contributed by atoms with Gasteiger partial charge in [-0.05, 0) is 13.8 Å². The molecule has 0 spiro atoms. The Morgan fingerprint density at radius 2 is 2.20 bits per heavy atom. The van der Waals surface area contributed by atoms with Crippen LogP contribution in [0.4, 0.5) is 0 Å². The Bertz CT molecular complexity index is 99.9. The van der Waals surface area contributed by atoms with Crippen molar-refractivity contribution in [3.63, 3.8) is 0 Å². The van der Waals surface area contributed by atoms with E-state index in [-0.39, 0.29) is 19.5 Å². The molecule has 4 nitrogen and oxygen atoms in total. The number of carbonyl (C=O) groups is 1. The number of hydrogen-bond acceptors (Lipinski definition) is 3. The van der Waals surface area contributed by atoms with Gasteiger partial charge in [0.1, 0.15) is 13.4 Å². The normalized spacial score (nSPS) is 10.3. The average Bonchev–Trinajstić information content (AvgIpc) is 1.79. The molecule has 0 heterocycles. The molecule has 0 aliphatic heterocycles. The van der Waals surface area contributed by atoms with Crippen molar-refractivity contribution in [2.45, 2.75) is 20.0 Å². The predicted octanol–water partition coefficient (Wildman–Crippen LogP) is 0.470. The van der Waals surface area contributed by atoms with Gasteiger partial charge in [0, 0.05) is 0 Å². The van der Waals surface area contributed by atoms with E-state index in [0.717, 1.165) is 0 Å². The maximum Gasteiger partial charge on any atom is 0.329 e. The molecular formula is C6H12O4. The highest BCUT2D eigenvalue weighted by Crippen LogP contribution is 1.86. The zero-order valence-electron chi connectivity index (χ0n) is 6.16. The number of rotatable bonds is 5. The van der Waals surface area contributed by atoms with Crippen molar-refractivity contribution < 1.29 is 19.4 Å². The first kappa shape index (κ1) is 9.39. The highest BCUT2D eigenvalue weighted by atomic mass is 16.7. The van der Waals surface area contributed by atoms with E-state index in [0.29, 0.717) is 0 Å². The molecule has 0 fully saturated rings. The summed E-state index contributed by atoms with van der Waals surface area (Å²) in [6, 6.07) is 0. The fraction of sp³-hybridized carbons (Fsp3) is 0.833. The molecule has 0 rings (SSSR count). The van der Waals surface area contributed by atoms with Gasteiger partial charge in [-0.2, -0.15) is 0 Å². The van der Waals surface area contributed by atoms with Gasteiger partial charge in [-0.25, -0.2) is 4.79 Å². The summed E-state index contributed by atoms with van der Waals surface area (Å²) in [5.74, 6) is -0.979. The van der Waals surface area contributed by atoms with Crippen LogP contribution in [0.2, 0.25) is 0 Å². The van der Waals surface area contributed by atoms with Crippen LogP contribution in [0.5, 0.6) is 0 Å². The van der Waals surface area contributed by atoms with Gasteiger partial charge in [0.2, 0.25) is 0 Å². The zero-order chi connectivity index (χ0) is 7.98. The van der Waals surface area contributed by atoms with Crippen LogP contribution in [0, 0.1) is 0 Å². The summed E-state index contributed by atoms with van der Waals surface area (Å²) in [6.07, 6.45) is 0.0776. The van der Waals surface area contributed by atoms with Gasteiger partial charge in [0.15, 0.2) is 0 Å². The molecule has 0 radical (unpaired) electrons. The number of aliphatic carboxylic acids is 1. The van der Waals surface area contributed by atoms with Crippen molar-refractivity contribution in [1.82, 2.24) is 0 Å². The van der Waals surface area contributed by atoms with E-state index < -0.39 is 5.97 Å². The van der Waals surface area contributed by atoms with Gasteiger partial charge < -0.3 is 14.6 Å². The van der Waals surface area contributed by atoms with Crippen LogP contribution in [-0.4, -0.2) is 30.6 Å². The van der Waals surface area contributed by atoms with Crippen molar-refractivity contribution in [1.29, 1.82) is 0 Å². The lowest BCUT2D eigenvalue weighted by molar-refractivity contribution is -0.150. The number of carboxylic acid groups (broad SMARTS) is 1. The molecule has 0 bridgehead atoms. The molecule has 1 N–H and O–H groups in total. The van der Waals surface area contributed by atoms with Crippen molar-refractivity contribution >= 4 is 5.97 Å². The summed E-state index contributed by atoms with van der Waals surface area (Å²) < 4.78 is 9.49. The third-order valence-corrected chi connectivity index (χ3v) is 0.710. The minimum atomic E-state index is -0.979. The monoisotopic (exact) mass is 148 g/mol. The van der Waals surface area contributed by atoms with E-state index in [4.69, 9.17) is 9.84 Å². The topological polar surface area (TPSA) is 55.8 Å². The van der Waals surface area contributed by atoms with E-state index in [2.05, 4.69) is 4.74 Å². The molecule has 0 saturated heterocycles. The maximum atomic E-state index is 9.86. The Morgan fingerprint density at radius 1 is 1.60 bits per heavy atom. The van der Waals surface area contributed by atoms with Gasteiger partial charge in [-0.1, -0.05) is 0 Å². The van der Waals surface area contributed by atoms with E-state index in [1.807, 2.05) is 13.8 Å². The molecule has 0 aliphatic rings. The third kappa shape index (κ3) is 7.39. The van der Waals surface area contributed by atoms with Crippen molar-refractivity contribution in [2.75, 3.05) is 13.4 Å². The Labute approximate surface area is 59.7 Å². The van der Waals surface area contributed by atoms with E-state index >= 15 is 0 Å². The lowest BCUT2D eigenvalue weighted by Gasteiger charge is -2.05. The van der Waals surface area contributed by atoms with Gasteiger partial charge in [-0.3, -0.25) is 0 Å². The maximum absolute atomic E-state index is 9.86. The summed E-state index contributed by atoms with van der Waals surface area (Å²) >= 11 is 0. The van der Waals surface area contributed by atoms with Crippen LogP contribution in [0.1, 0.15) is 13.8 Å². The Morgan fingerprint density at radius 3 is 2.60 bits per heavy atom. The third-order valence-electron chi connectivity index (χ3n) is 0.710. The lowest BCUT2D eigenvalue weighted by atomic mass is 10.5. The van der Waals surface area contributed by atoms with E-state index in [9.17, 15) is 4.79 Å². The predicted molar refractivity (Wildman–Crippen MR) is 34.7 cm³/mol. The zero-order valence-corrected chi connectivity index (χ0v) is 6.16. The molecule has 0 aliphatic carbocycles. The second-order valence-corrected chi connectivity index (χ2v) is 2.08. The molecule has 0 aromatic carbocycles. The molecule has 0 atom stereocenters. The second kappa shape index (κ2) is 5.20. The highest BCUT2D eigenvalue weighted by Gasteiger charge is 1.96. The largest absolute Gasteiger partial charge is 0.480 e. The molecule has 0 saturated carbocycles. The van der Waals surface area contributed by atoms with Crippen LogP contribution < -0.4 is 0 Å². The van der Waals surface area contributed by atoms with E-state index in [1.165, 1.54) is 0 Å². The fourth-order valence-electron chi connectivity index (χ4n) is 0.313. The molecule has 0 aromatic heterocycles. The van der Waals surface area contributed by atoms with E-state index in [1.54, 1.807) is 0 Å². The van der Waals surface area contributed by atoms with Crippen molar-refractivity contribution in [2.24, 2.45) is 0 Å². The molecule has 0 aromatic rings. The Balaban J connectivity index is 2.98. The van der Waals surface area contributed by atoms with Crippen LogP contribution in [0.25, 0.3) is 0 Å². The van der Waals surface area contributed by atoms with Gasteiger partial charge in [-0.15, -0.1) is 0 Å². The summed E-state index contributed by atoms with van der Waals surface area (Å²) in [4.78, 5) is 9.86. The number of carboxylic acids is 1. The Hall–Kier alpha value is -0.610. The second-order valence-electron chi connectivity index (χ2n) is 2.08. The smallest absolute Gasteiger partial charge is 0.329 e. The molecule has 0 unspecified atom stereocenters. The molecule has 4 heteroatoms. The molecule has 60 valence electrons. The SMILES string of the molecule is CC(C)OCOCC(=O)O. The first-order valence-electron chi connectivity index (χ1n) is 3.04. The van der Waals surface area contributed by atoms with Gasteiger partial charge in [0.05, 0.1) is 6.10 Å².